The van der Waals surface area contributed by atoms with Crippen LogP contribution in [0.5, 0.6) is 0 Å². The van der Waals surface area contributed by atoms with Gasteiger partial charge in [0.15, 0.2) is 16.3 Å². The molecule has 0 amide bonds. The molecule has 0 radical (unpaired) electrons. The van der Waals surface area contributed by atoms with E-state index in [-0.39, 0.29) is 12.2 Å². The molecule has 0 aliphatic rings. The third-order valence-corrected chi connectivity index (χ3v) is 5.33. The molecule has 7 nitrogen and oxygen atoms in total. The molecule has 1 aromatic carbocycles. The Labute approximate surface area is 154 Å². The summed E-state index contributed by atoms with van der Waals surface area (Å²) in [6.07, 6.45) is 0.634. The van der Waals surface area contributed by atoms with E-state index < -0.39 is 5.69 Å². The van der Waals surface area contributed by atoms with Crippen molar-refractivity contribution in [3.8, 4) is 0 Å². The Morgan fingerprint density at radius 1 is 1.19 bits per heavy atom. The molecule has 0 bridgehead atoms. The number of rotatable bonds is 6. The first kappa shape index (κ1) is 18.5. The van der Waals surface area contributed by atoms with Gasteiger partial charge in [0.2, 0.25) is 0 Å². The molecular formula is C18H22N4O3S. The average Bonchev–Trinajstić information content (AvgIpc) is 2.97. The number of aliphatic hydroxyl groups is 1. The highest BCUT2D eigenvalue weighted by Gasteiger charge is 2.19. The van der Waals surface area contributed by atoms with Crippen molar-refractivity contribution in [2.75, 3.05) is 12.4 Å². The number of hydrogen-bond acceptors (Lipinski definition) is 5. The van der Waals surface area contributed by atoms with E-state index in [0.717, 1.165) is 15.7 Å². The lowest BCUT2D eigenvalue weighted by atomic mass is 10.1. The lowest BCUT2D eigenvalue weighted by Crippen LogP contribution is -2.37. The van der Waals surface area contributed by atoms with E-state index in [1.165, 1.54) is 23.4 Å². The number of fused-ring (bicyclic) bond motifs is 1. The minimum atomic E-state index is -0.394. The van der Waals surface area contributed by atoms with Gasteiger partial charge in [-0.1, -0.05) is 41.6 Å². The zero-order valence-electron chi connectivity index (χ0n) is 15.1. The molecule has 0 unspecified atom stereocenters. The lowest BCUT2D eigenvalue weighted by molar-refractivity contribution is 0.296. The summed E-state index contributed by atoms with van der Waals surface area (Å²) >= 11 is 1.48. The Morgan fingerprint density at radius 3 is 2.65 bits per heavy atom. The number of benzene rings is 1. The highest BCUT2D eigenvalue weighted by atomic mass is 32.2. The van der Waals surface area contributed by atoms with Gasteiger partial charge in [-0.05, 0) is 18.9 Å². The molecule has 26 heavy (non-hydrogen) atoms. The average molecular weight is 374 g/mol. The van der Waals surface area contributed by atoms with Crippen LogP contribution in [0, 0.1) is 6.92 Å². The predicted octanol–water partition coefficient (Wildman–Crippen LogP) is 1.26. The van der Waals surface area contributed by atoms with Gasteiger partial charge in [0.1, 0.15) is 0 Å². The van der Waals surface area contributed by atoms with Gasteiger partial charge in [-0.25, -0.2) is 9.78 Å². The number of nitrogens with zero attached hydrogens (tertiary/aromatic N) is 4. The summed E-state index contributed by atoms with van der Waals surface area (Å²) in [7, 11) is 3.10. The Balaban J connectivity index is 2.21. The Morgan fingerprint density at radius 2 is 1.96 bits per heavy atom. The van der Waals surface area contributed by atoms with Crippen LogP contribution in [0.3, 0.4) is 0 Å². The summed E-state index contributed by atoms with van der Waals surface area (Å²) < 4.78 is 4.38. The highest BCUT2D eigenvalue weighted by molar-refractivity contribution is 7.99. The Bertz CT molecular complexity index is 1060. The summed E-state index contributed by atoms with van der Waals surface area (Å²) in [5, 5.41) is 9.72. The second-order valence-electron chi connectivity index (χ2n) is 6.27. The van der Waals surface area contributed by atoms with E-state index in [4.69, 9.17) is 5.11 Å². The highest BCUT2D eigenvalue weighted by Crippen LogP contribution is 2.23. The van der Waals surface area contributed by atoms with Gasteiger partial charge >= 0.3 is 5.69 Å². The molecule has 3 rings (SSSR count). The molecule has 3 aromatic rings. The lowest BCUT2D eigenvalue weighted by Gasteiger charge is -2.10. The van der Waals surface area contributed by atoms with Crippen LogP contribution in [0.1, 0.15) is 17.5 Å². The van der Waals surface area contributed by atoms with Crippen LogP contribution in [0.25, 0.3) is 11.2 Å². The molecule has 0 aliphatic carbocycles. The van der Waals surface area contributed by atoms with E-state index in [1.807, 2.05) is 29.7 Å². The van der Waals surface area contributed by atoms with Crippen molar-refractivity contribution < 1.29 is 5.11 Å². The van der Waals surface area contributed by atoms with E-state index in [1.54, 1.807) is 7.05 Å². The molecular weight excluding hydrogens is 352 g/mol. The topological polar surface area (TPSA) is 82.1 Å². The van der Waals surface area contributed by atoms with E-state index in [0.29, 0.717) is 35.0 Å². The van der Waals surface area contributed by atoms with Gasteiger partial charge in [0, 0.05) is 26.5 Å². The van der Waals surface area contributed by atoms with Gasteiger partial charge in [0.05, 0.1) is 6.54 Å². The number of hydrogen-bond donors (Lipinski definition) is 1. The summed E-state index contributed by atoms with van der Waals surface area (Å²) in [6.45, 7) is 2.62. The summed E-state index contributed by atoms with van der Waals surface area (Å²) in [6, 6.07) is 8.08. The third kappa shape index (κ3) is 3.34. The molecule has 0 spiro atoms. The number of aliphatic hydroxyl groups excluding tert-OH is 1. The van der Waals surface area contributed by atoms with E-state index in [2.05, 4.69) is 11.1 Å². The second-order valence-corrected chi connectivity index (χ2v) is 7.34. The normalized spacial score (nSPS) is 11.4. The molecule has 0 saturated carbocycles. The third-order valence-electron chi connectivity index (χ3n) is 4.27. The SMILES string of the molecule is Cc1cccc(Cn2c(SCCCO)nc3c2c(=O)n(C)c(=O)n3C)c1. The van der Waals surface area contributed by atoms with Crippen LogP contribution < -0.4 is 11.2 Å². The van der Waals surface area contributed by atoms with Gasteiger partial charge in [-0.3, -0.25) is 13.9 Å². The minimum absolute atomic E-state index is 0.103. The molecule has 0 saturated heterocycles. The van der Waals surface area contributed by atoms with Crippen LogP contribution in [0.15, 0.2) is 39.0 Å². The molecule has 2 aromatic heterocycles. The maximum atomic E-state index is 12.8. The first-order valence-electron chi connectivity index (χ1n) is 8.39. The smallest absolute Gasteiger partial charge is 0.332 e. The molecule has 0 atom stereocenters. The van der Waals surface area contributed by atoms with Crippen molar-refractivity contribution in [2.24, 2.45) is 14.1 Å². The number of imidazole rings is 1. The first-order valence-corrected chi connectivity index (χ1v) is 9.38. The van der Waals surface area contributed by atoms with Crippen molar-refractivity contribution in [1.82, 2.24) is 18.7 Å². The van der Waals surface area contributed by atoms with Crippen LogP contribution in [0.4, 0.5) is 0 Å². The number of thioether (sulfide) groups is 1. The second kappa shape index (κ2) is 7.51. The zero-order valence-corrected chi connectivity index (χ0v) is 15.9. The molecule has 0 aliphatic heterocycles. The van der Waals surface area contributed by atoms with Crippen molar-refractivity contribution >= 4 is 22.9 Å². The Hall–Kier alpha value is -2.32. The quantitative estimate of drug-likeness (QED) is 0.519. The van der Waals surface area contributed by atoms with Crippen molar-refractivity contribution in [2.45, 2.75) is 25.0 Å². The van der Waals surface area contributed by atoms with Crippen molar-refractivity contribution in [1.29, 1.82) is 0 Å². The van der Waals surface area contributed by atoms with E-state index in [9.17, 15) is 9.59 Å². The fourth-order valence-corrected chi connectivity index (χ4v) is 3.82. The van der Waals surface area contributed by atoms with Gasteiger partial charge in [0.25, 0.3) is 5.56 Å². The summed E-state index contributed by atoms with van der Waals surface area (Å²) in [5.41, 5.74) is 2.26. The maximum absolute atomic E-state index is 12.8. The zero-order chi connectivity index (χ0) is 18.8. The van der Waals surface area contributed by atoms with Crippen LogP contribution >= 0.6 is 11.8 Å². The van der Waals surface area contributed by atoms with Crippen LogP contribution in [-0.2, 0) is 20.6 Å². The van der Waals surface area contributed by atoms with E-state index >= 15 is 0 Å². The molecule has 8 heteroatoms. The molecule has 1 N–H and O–H groups in total. The molecule has 138 valence electrons. The number of aryl methyl sites for hydroxylation is 2. The van der Waals surface area contributed by atoms with Crippen molar-refractivity contribution in [3.63, 3.8) is 0 Å². The summed E-state index contributed by atoms with van der Waals surface area (Å²) in [4.78, 5) is 29.5. The van der Waals surface area contributed by atoms with Crippen molar-refractivity contribution in [3.05, 3.63) is 56.2 Å². The van der Waals surface area contributed by atoms with Gasteiger partial charge < -0.3 is 9.67 Å². The minimum Gasteiger partial charge on any atom is -0.396 e. The van der Waals surface area contributed by atoms with Gasteiger partial charge in [-0.15, -0.1) is 0 Å². The predicted molar refractivity (Wildman–Crippen MR) is 103 cm³/mol. The number of aromatic nitrogens is 4. The first-order chi connectivity index (χ1) is 12.4. The fourth-order valence-electron chi connectivity index (χ4n) is 2.90. The Kier molecular flexibility index (Phi) is 5.33. The summed E-state index contributed by atoms with van der Waals surface area (Å²) in [5.74, 6) is 0.682. The molecule has 0 fully saturated rings. The fraction of sp³-hybridized carbons (Fsp3) is 0.389. The maximum Gasteiger partial charge on any atom is 0.332 e. The van der Waals surface area contributed by atoms with Gasteiger partial charge in [-0.2, -0.15) is 0 Å². The molecule has 2 heterocycles. The largest absolute Gasteiger partial charge is 0.396 e. The monoisotopic (exact) mass is 374 g/mol. The van der Waals surface area contributed by atoms with Crippen LogP contribution in [0.2, 0.25) is 0 Å². The van der Waals surface area contributed by atoms with Crippen LogP contribution in [-0.4, -0.2) is 36.2 Å². The standard InChI is InChI=1S/C18H22N4O3S/c1-12-6-4-7-13(10-12)11-22-14-15(19-17(22)26-9-5-8-23)20(2)18(25)21(3)16(14)24/h4,6-7,10,23H,5,8-9,11H2,1-3H3.